The number of rotatable bonds is 6. The summed E-state index contributed by atoms with van der Waals surface area (Å²) >= 11 is 0. The fourth-order valence-corrected chi connectivity index (χ4v) is 3.31. The molecule has 0 heterocycles. The number of sulfone groups is 1. The maximum absolute atomic E-state index is 12.3. The van der Waals surface area contributed by atoms with Crippen molar-refractivity contribution in [2.75, 3.05) is 12.4 Å². The molecule has 2 rings (SSSR count). The van der Waals surface area contributed by atoms with E-state index in [-0.39, 0.29) is 11.2 Å². The monoisotopic (exact) mass is 344 g/mol. The van der Waals surface area contributed by atoms with Gasteiger partial charge in [-0.15, -0.1) is 0 Å². The minimum atomic E-state index is -3.31. The van der Waals surface area contributed by atoms with Crippen LogP contribution in [0.15, 0.2) is 71.6 Å². The van der Waals surface area contributed by atoms with Gasteiger partial charge in [-0.3, -0.25) is 0 Å². The molecule has 0 aromatic heterocycles. The average molecular weight is 344 g/mol. The van der Waals surface area contributed by atoms with Crippen molar-refractivity contribution in [2.45, 2.75) is 31.1 Å². The van der Waals surface area contributed by atoms with Crippen molar-refractivity contribution in [3.8, 4) is 5.75 Å². The fourth-order valence-electron chi connectivity index (χ4n) is 2.18. The Kier molecular flexibility index (Phi) is 5.84. The summed E-state index contributed by atoms with van der Waals surface area (Å²) in [6.07, 6.45) is 3.37. The zero-order valence-corrected chi connectivity index (χ0v) is 15.2. The quantitative estimate of drug-likeness (QED) is 0.730. The molecule has 24 heavy (non-hydrogen) atoms. The molecule has 0 atom stereocenters. The Morgan fingerprint density at radius 1 is 0.917 bits per heavy atom. The molecule has 0 radical (unpaired) electrons. The van der Waals surface area contributed by atoms with E-state index in [2.05, 4.69) is 20.8 Å². The molecule has 0 spiro atoms. The largest absolute Gasteiger partial charge is 0.490 e. The van der Waals surface area contributed by atoms with Crippen LogP contribution in [0.4, 0.5) is 0 Å². The van der Waals surface area contributed by atoms with E-state index in [9.17, 15) is 8.42 Å². The number of benzene rings is 2. The van der Waals surface area contributed by atoms with Gasteiger partial charge in [-0.05, 0) is 35.2 Å². The van der Waals surface area contributed by atoms with E-state index >= 15 is 0 Å². The van der Waals surface area contributed by atoms with Gasteiger partial charge in [0.15, 0.2) is 9.84 Å². The van der Waals surface area contributed by atoms with Gasteiger partial charge < -0.3 is 4.74 Å². The zero-order valence-electron chi connectivity index (χ0n) is 14.4. The Morgan fingerprint density at radius 3 is 2.12 bits per heavy atom. The number of para-hydroxylation sites is 1. The highest BCUT2D eigenvalue weighted by atomic mass is 32.2. The minimum Gasteiger partial charge on any atom is -0.490 e. The molecule has 2 aromatic carbocycles. The lowest BCUT2D eigenvalue weighted by atomic mass is 9.87. The SMILES string of the molecule is CC(C)(C)c1ccc(S(=O)(=O)C/C=C/COc2ccccc2)cc1. The lowest BCUT2D eigenvalue weighted by Crippen LogP contribution is -2.12. The summed E-state index contributed by atoms with van der Waals surface area (Å²) in [6.45, 7) is 6.66. The smallest absolute Gasteiger partial charge is 0.181 e. The summed E-state index contributed by atoms with van der Waals surface area (Å²) in [5.41, 5.74) is 1.13. The van der Waals surface area contributed by atoms with Gasteiger partial charge >= 0.3 is 0 Å². The maximum Gasteiger partial charge on any atom is 0.181 e. The first-order valence-electron chi connectivity index (χ1n) is 7.95. The highest BCUT2D eigenvalue weighted by molar-refractivity contribution is 7.91. The topological polar surface area (TPSA) is 43.4 Å². The second-order valence-electron chi connectivity index (χ2n) is 6.65. The maximum atomic E-state index is 12.3. The molecule has 2 aromatic rings. The Labute approximate surface area is 144 Å². The number of ether oxygens (including phenoxy) is 1. The fraction of sp³-hybridized carbons (Fsp3) is 0.300. The van der Waals surface area contributed by atoms with Gasteiger partial charge in [0.05, 0.1) is 10.6 Å². The van der Waals surface area contributed by atoms with Gasteiger partial charge in [-0.25, -0.2) is 8.42 Å². The van der Waals surface area contributed by atoms with Crippen LogP contribution in [0.25, 0.3) is 0 Å². The first-order chi connectivity index (χ1) is 11.3. The van der Waals surface area contributed by atoms with Gasteiger partial charge in [0.1, 0.15) is 12.4 Å². The number of hydrogen-bond acceptors (Lipinski definition) is 3. The van der Waals surface area contributed by atoms with Crippen molar-refractivity contribution < 1.29 is 13.2 Å². The van der Waals surface area contributed by atoms with Crippen molar-refractivity contribution >= 4 is 9.84 Å². The summed E-state index contributed by atoms with van der Waals surface area (Å²) in [5, 5.41) is 0. The predicted octanol–water partition coefficient (Wildman–Crippen LogP) is 4.39. The molecule has 0 saturated heterocycles. The Morgan fingerprint density at radius 2 is 1.54 bits per heavy atom. The van der Waals surface area contributed by atoms with Crippen molar-refractivity contribution in [3.63, 3.8) is 0 Å². The third kappa shape index (κ3) is 5.24. The normalized spacial score (nSPS) is 12.5. The van der Waals surface area contributed by atoms with Crippen molar-refractivity contribution in [3.05, 3.63) is 72.3 Å². The summed E-state index contributed by atoms with van der Waals surface area (Å²) < 4.78 is 30.2. The van der Waals surface area contributed by atoms with Crippen molar-refractivity contribution in [1.82, 2.24) is 0 Å². The van der Waals surface area contributed by atoms with E-state index in [1.54, 1.807) is 24.3 Å². The second kappa shape index (κ2) is 7.67. The molecule has 3 nitrogen and oxygen atoms in total. The van der Waals surface area contributed by atoms with Crippen LogP contribution >= 0.6 is 0 Å². The summed E-state index contributed by atoms with van der Waals surface area (Å²) in [6, 6.07) is 16.6. The van der Waals surface area contributed by atoms with E-state index in [4.69, 9.17) is 4.74 Å². The lowest BCUT2D eigenvalue weighted by molar-refractivity contribution is 0.363. The van der Waals surface area contributed by atoms with Gasteiger partial charge in [0.25, 0.3) is 0 Å². The van der Waals surface area contributed by atoms with Crippen LogP contribution in [-0.4, -0.2) is 20.8 Å². The first kappa shape index (κ1) is 18.3. The molecule has 0 aliphatic rings. The van der Waals surface area contributed by atoms with Crippen LogP contribution in [-0.2, 0) is 15.3 Å². The zero-order chi connectivity index (χ0) is 17.6. The summed E-state index contributed by atoms with van der Waals surface area (Å²) in [4.78, 5) is 0.351. The third-order valence-electron chi connectivity index (χ3n) is 3.65. The van der Waals surface area contributed by atoms with Crippen molar-refractivity contribution in [1.29, 1.82) is 0 Å². The minimum absolute atomic E-state index is 0.0109. The van der Waals surface area contributed by atoms with E-state index < -0.39 is 9.84 Å². The van der Waals surface area contributed by atoms with Gasteiger partial charge in [-0.1, -0.05) is 63.3 Å². The van der Waals surface area contributed by atoms with Crippen molar-refractivity contribution in [2.24, 2.45) is 0 Å². The second-order valence-corrected chi connectivity index (χ2v) is 8.69. The van der Waals surface area contributed by atoms with Crippen LogP contribution in [0.1, 0.15) is 26.3 Å². The standard InChI is InChI=1S/C20H24O3S/c1-20(2,3)17-11-13-19(14-12-17)24(21,22)16-8-7-15-23-18-9-5-4-6-10-18/h4-14H,15-16H2,1-3H3/b8-7+. The molecule has 0 aliphatic heterocycles. The van der Waals surface area contributed by atoms with Gasteiger partial charge in [0.2, 0.25) is 0 Å². The average Bonchev–Trinajstić information content (AvgIpc) is 2.55. The third-order valence-corrected chi connectivity index (χ3v) is 5.27. The van der Waals surface area contributed by atoms with Crippen LogP contribution in [0.5, 0.6) is 5.75 Å². The van der Waals surface area contributed by atoms with Crippen LogP contribution in [0, 0.1) is 0 Å². The summed E-state index contributed by atoms with van der Waals surface area (Å²) in [5.74, 6) is 0.739. The molecule has 0 saturated carbocycles. The first-order valence-corrected chi connectivity index (χ1v) is 9.60. The van der Waals surface area contributed by atoms with Crippen LogP contribution < -0.4 is 4.74 Å². The number of hydrogen-bond donors (Lipinski definition) is 0. The highest BCUT2D eigenvalue weighted by Gasteiger charge is 2.16. The Balaban J connectivity index is 1.92. The van der Waals surface area contributed by atoms with Gasteiger partial charge in [-0.2, -0.15) is 0 Å². The Hall–Kier alpha value is -2.07. The van der Waals surface area contributed by atoms with Gasteiger partial charge in [0, 0.05) is 0 Å². The van der Waals surface area contributed by atoms with Crippen LogP contribution in [0.3, 0.4) is 0 Å². The van der Waals surface area contributed by atoms with Crippen LogP contribution in [0.2, 0.25) is 0 Å². The molecule has 0 N–H and O–H groups in total. The van der Waals surface area contributed by atoms with E-state index in [1.165, 1.54) is 0 Å². The molecule has 0 unspecified atom stereocenters. The molecule has 0 amide bonds. The Bertz CT molecular complexity index is 768. The molecule has 4 heteroatoms. The highest BCUT2D eigenvalue weighted by Crippen LogP contribution is 2.23. The van der Waals surface area contributed by atoms with E-state index in [1.807, 2.05) is 42.5 Å². The van der Waals surface area contributed by atoms with E-state index in [0.717, 1.165) is 11.3 Å². The predicted molar refractivity (Wildman–Crippen MR) is 98.3 cm³/mol. The molecule has 128 valence electrons. The van der Waals surface area contributed by atoms with E-state index in [0.29, 0.717) is 11.5 Å². The lowest BCUT2D eigenvalue weighted by Gasteiger charge is -2.19. The molecular weight excluding hydrogens is 320 g/mol. The molecule has 0 bridgehead atoms. The summed E-state index contributed by atoms with van der Waals surface area (Å²) in [7, 11) is -3.31. The molecule has 0 aliphatic carbocycles. The molecule has 0 fully saturated rings. The molecular formula is C20H24O3S.